The maximum Gasteiger partial charge on any atom is 0.119 e. The minimum absolute atomic E-state index is 0.499. The zero-order chi connectivity index (χ0) is 14.7. The Bertz CT molecular complexity index is 614. The van der Waals surface area contributed by atoms with Gasteiger partial charge in [0.15, 0.2) is 0 Å². The Labute approximate surface area is 134 Å². The van der Waals surface area contributed by atoms with Crippen molar-refractivity contribution in [1.82, 2.24) is 0 Å². The minimum atomic E-state index is 0.499. The molecule has 0 bridgehead atoms. The highest BCUT2D eigenvalue weighted by molar-refractivity contribution is 8.00. The first-order chi connectivity index (χ1) is 10.2. The zero-order valence-electron chi connectivity index (χ0n) is 11.6. The van der Waals surface area contributed by atoms with E-state index in [1.165, 1.54) is 10.5 Å². The third-order valence-electron chi connectivity index (χ3n) is 3.45. The van der Waals surface area contributed by atoms with E-state index >= 15 is 0 Å². The quantitative estimate of drug-likeness (QED) is 0.855. The predicted octanol–water partition coefficient (Wildman–Crippen LogP) is 3.61. The molecule has 2 aromatic rings. The normalized spacial score (nSPS) is 16.5. The van der Waals surface area contributed by atoms with Crippen LogP contribution in [0.25, 0.3) is 0 Å². The van der Waals surface area contributed by atoms with Crippen LogP contribution in [0.5, 0.6) is 5.75 Å². The molecule has 1 heterocycles. The highest BCUT2D eigenvalue weighted by Gasteiger charge is 2.22. The fourth-order valence-electron chi connectivity index (χ4n) is 2.44. The monoisotopic (exact) mass is 315 g/mol. The molecule has 3 rings (SSSR count). The van der Waals surface area contributed by atoms with E-state index in [2.05, 4.69) is 24.3 Å². The van der Waals surface area contributed by atoms with Crippen LogP contribution in [0, 0.1) is 0 Å². The summed E-state index contributed by atoms with van der Waals surface area (Å²) in [5.41, 5.74) is 8.10. The molecule has 0 aromatic heterocycles. The lowest BCUT2D eigenvalue weighted by Gasteiger charge is -2.11. The van der Waals surface area contributed by atoms with Crippen LogP contribution in [0.4, 0.5) is 0 Å². The van der Waals surface area contributed by atoms with Crippen LogP contribution in [0.1, 0.15) is 11.1 Å². The molecule has 1 unspecified atom stereocenters. The molecule has 1 aliphatic rings. The van der Waals surface area contributed by atoms with Crippen LogP contribution in [0.3, 0.4) is 0 Å². The van der Waals surface area contributed by atoms with Crippen LogP contribution in [0.2, 0.25) is 0 Å². The third kappa shape index (κ3) is 3.77. The molecule has 0 saturated heterocycles. The van der Waals surface area contributed by atoms with Crippen LogP contribution < -0.4 is 10.5 Å². The van der Waals surface area contributed by atoms with Crippen LogP contribution in [0.15, 0.2) is 53.4 Å². The van der Waals surface area contributed by atoms with Gasteiger partial charge in [0.05, 0.1) is 4.99 Å². The van der Waals surface area contributed by atoms with Gasteiger partial charge in [-0.25, -0.2) is 0 Å². The second-order valence-corrected chi connectivity index (χ2v) is 7.02. The molecule has 0 fully saturated rings. The Morgan fingerprint density at radius 1 is 1.19 bits per heavy atom. The van der Waals surface area contributed by atoms with E-state index in [1.54, 1.807) is 0 Å². The topological polar surface area (TPSA) is 35.2 Å². The summed E-state index contributed by atoms with van der Waals surface area (Å²) >= 11 is 6.82. The Balaban J connectivity index is 1.53. The summed E-state index contributed by atoms with van der Waals surface area (Å²) in [6.07, 6.45) is 1.73. The van der Waals surface area contributed by atoms with Crippen molar-refractivity contribution in [3.63, 3.8) is 0 Å². The van der Waals surface area contributed by atoms with E-state index in [1.807, 2.05) is 36.0 Å². The number of ether oxygens (including phenoxy) is 1. The number of fused-ring (bicyclic) bond motifs is 1. The lowest BCUT2D eigenvalue weighted by Crippen LogP contribution is -2.13. The molecular formula is C17H17NOS2. The van der Waals surface area contributed by atoms with Gasteiger partial charge in [-0.1, -0.05) is 42.5 Å². The van der Waals surface area contributed by atoms with Gasteiger partial charge in [0.25, 0.3) is 0 Å². The zero-order valence-corrected chi connectivity index (χ0v) is 13.3. The van der Waals surface area contributed by atoms with Gasteiger partial charge in [0, 0.05) is 16.6 Å². The summed E-state index contributed by atoms with van der Waals surface area (Å²) in [6, 6.07) is 16.6. The molecule has 2 aromatic carbocycles. The molecule has 0 saturated carbocycles. The summed E-state index contributed by atoms with van der Waals surface area (Å²) in [5.74, 6) is 0.901. The molecule has 108 valence electrons. The van der Waals surface area contributed by atoms with Crippen molar-refractivity contribution in [2.24, 2.45) is 5.73 Å². The fraction of sp³-hybridized carbons (Fsp3) is 0.235. The fourth-order valence-corrected chi connectivity index (χ4v) is 3.83. The summed E-state index contributed by atoms with van der Waals surface area (Å²) in [5, 5.41) is 0.499. The van der Waals surface area contributed by atoms with E-state index in [4.69, 9.17) is 22.7 Å². The van der Waals surface area contributed by atoms with Crippen molar-refractivity contribution in [3.8, 4) is 5.75 Å². The Morgan fingerprint density at radius 2 is 1.95 bits per heavy atom. The molecule has 1 atom stereocenters. The first-order valence-corrected chi connectivity index (χ1v) is 8.24. The molecule has 2 nitrogen and oxygen atoms in total. The standard InChI is InChI=1S/C17H17NOS2/c18-17(20)9-12-5-7-14(8-6-12)19-11-15-10-13-3-1-2-4-16(13)21-15/h1-8,15H,9-11H2,(H2,18,20). The van der Waals surface area contributed by atoms with Gasteiger partial charge in [0.2, 0.25) is 0 Å². The Morgan fingerprint density at radius 3 is 2.67 bits per heavy atom. The number of benzene rings is 2. The van der Waals surface area contributed by atoms with Crippen molar-refractivity contribution in [3.05, 3.63) is 59.7 Å². The second-order valence-electron chi connectivity index (χ2n) is 5.15. The highest BCUT2D eigenvalue weighted by atomic mass is 32.2. The smallest absolute Gasteiger partial charge is 0.119 e. The van der Waals surface area contributed by atoms with Crippen LogP contribution >= 0.6 is 24.0 Å². The molecule has 2 N–H and O–H groups in total. The average Bonchev–Trinajstić information content (AvgIpc) is 2.89. The summed E-state index contributed by atoms with van der Waals surface area (Å²) < 4.78 is 5.90. The molecule has 0 aliphatic carbocycles. The SMILES string of the molecule is NC(=S)Cc1ccc(OCC2Cc3ccccc3S2)cc1. The number of thiocarbonyl (C=S) groups is 1. The number of thioether (sulfide) groups is 1. The van der Waals surface area contributed by atoms with Gasteiger partial charge in [0.1, 0.15) is 12.4 Å². The molecule has 0 spiro atoms. The predicted molar refractivity (Wildman–Crippen MR) is 92.2 cm³/mol. The number of rotatable bonds is 5. The molecular weight excluding hydrogens is 298 g/mol. The van der Waals surface area contributed by atoms with E-state index in [0.717, 1.165) is 24.3 Å². The largest absolute Gasteiger partial charge is 0.492 e. The Kier molecular flexibility index (Phi) is 4.46. The van der Waals surface area contributed by atoms with Crippen molar-refractivity contribution in [1.29, 1.82) is 0 Å². The first kappa shape index (κ1) is 14.4. The molecule has 4 heteroatoms. The highest BCUT2D eigenvalue weighted by Crippen LogP contribution is 2.36. The van der Waals surface area contributed by atoms with E-state index in [-0.39, 0.29) is 0 Å². The van der Waals surface area contributed by atoms with Crippen molar-refractivity contribution >= 4 is 29.0 Å². The number of hydrogen-bond donors (Lipinski definition) is 1. The van der Waals surface area contributed by atoms with E-state index in [0.29, 0.717) is 16.7 Å². The average molecular weight is 315 g/mol. The molecule has 0 radical (unpaired) electrons. The van der Waals surface area contributed by atoms with E-state index < -0.39 is 0 Å². The minimum Gasteiger partial charge on any atom is -0.492 e. The molecule has 1 aliphatic heterocycles. The van der Waals surface area contributed by atoms with Gasteiger partial charge in [-0.3, -0.25) is 0 Å². The second kappa shape index (κ2) is 6.50. The van der Waals surface area contributed by atoms with Gasteiger partial charge in [-0.2, -0.15) is 0 Å². The third-order valence-corrected chi connectivity index (χ3v) is 4.88. The van der Waals surface area contributed by atoms with Crippen molar-refractivity contribution < 1.29 is 4.74 Å². The summed E-state index contributed by atoms with van der Waals surface area (Å²) in [7, 11) is 0. The van der Waals surface area contributed by atoms with Gasteiger partial charge >= 0.3 is 0 Å². The van der Waals surface area contributed by atoms with E-state index in [9.17, 15) is 0 Å². The van der Waals surface area contributed by atoms with Gasteiger partial charge in [-0.15, -0.1) is 11.8 Å². The maximum atomic E-state index is 5.90. The van der Waals surface area contributed by atoms with Gasteiger partial charge in [-0.05, 0) is 35.7 Å². The lowest BCUT2D eigenvalue weighted by atomic mass is 10.1. The summed E-state index contributed by atoms with van der Waals surface area (Å²) in [6.45, 7) is 0.730. The van der Waals surface area contributed by atoms with Crippen LogP contribution in [-0.2, 0) is 12.8 Å². The number of nitrogens with two attached hydrogens (primary N) is 1. The Hall–Kier alpha value is -1.52. The van der Waals surface area contributed by atoms with Gasteiger partial charge < -0.3 is 10.5 Å². The first-order valence-electron chi connectivity index (χ1n) is 6.95. The molecule has 21 heavy (non-hydrogen) atoms. The number of hydrogen-bond acceptors (Lipinski definition) is 3. The lowest BCUT2D eigenvalue weighted by molar-refractivity contribution is 0.317. The van der Waals surface area contributed by atoms with Crippen LogP contribution in [-0.4, -0.2) is 16.8 Å². The van der Waals surface area contributed by atoms with Crippen molar-refractivity contribution in [2.75, 3.05) is 6.61 Å². The van der Waals surface area contributed by atoms with Crippen molar-refractivity contribution in [2.45, 2.75) is 23.0 Å². The molecule has 0 amide bonds. The summed E-state index contributed by atoms with van der Waals surface area (Å²) in [4.78, 5) is 1.90. The maximum absolute atomic E-state index is 5.90.